The highest BCUT2D eigenvalue weighted by atomic mass is 32.1. The Morgan fingerprint density at radius 1 is 1.24 bits per heavy atom. The van der Waals surface area contributed by atoms with Gasteiger partial charge < -0.3 is 15.2 Å². The van der Waals surface area contributed by atoms with Crippen molar-refractivity contribution in [1.29, 1.82) is 0 Å². The third-order valence-electron chi connectivity index (χ3n) is 5.15. The van der Waals surface area contributed by atoms with Gasteiger partial charge in [0.05, 0.1) is 24.0 Å². The molecule has 6 nitrogen and oxygen atoms in total. The summed E-state index contributed by atoms with van der Waals surface area (Å²) in [7, 11) is 0. The molecule has 25 heavy (non-hydrogen) atoms. The Balaban J connectivity index is 1.87. The molecule has 2 aliphatic rings. The van der Waals surface area contributed by atoms with E-state index in [1.807, 2.05) is 26.0 Å². The van der Waals surface area contributed by atoms with Crippen molar-refractivity contribution >= 4 is 34.2 Å². The van der Waals surface area contributed by atoms with E-state index in [2.05, 4.69) is 5.32 Å². The predicted octanol–water partition coefficient (Wildman–Crippen LogP) is 3.00. The van der Waals surface area contributed by atoms with Crippen LogP contribution in [0.15, 0.2) is 12.2 Å². The van der Waals surface area contributed by atoms with Crippen molar-refractivity contribution in [2.24, 2.45) is 23.7 Å². The van der Waals surface area contributed by atoms with Gasteiger partial charge in [-0.05, 0) is 44.6 Å². The molecule has 0 aromatic carbocycles. The first-order valence-electron chi connectivity index (χ1n) is 8.34. The third kappa shape index (κ3) is 2.97. The second-order valence-corrected chi connectivity index (χ2v) is 7.76. The van der Waals surface area contributed by atoms with Gasteiger partial charge in [-0.3, -0.25) is 9.59 Å². The number of carbonyl (C=O) groups is 3. The number of nitrogens with one attached hydrogen (secondary N) is 1. The highest BCUT2D eigenvalue weighted by Crippen LogP contribution is 2.48. The average Bonchev–Trinajstić information content (AvgIpc) is 3.21. The number of aryl methyl sites for hydroxylation is 1. The predicted molar refractivity (Wildman–Crippen MR) is 93.7 cm³/mol. The van der Waals surface area contributed by atoms with Gasteiger partial charge >= 0.3 is 11.9 Å². The zero-order chi connectivity index (χ0) is 18.3. The molecule has 0 spiro atoms. The van der Waals surface area contributed by atoms with Gasteiger partial charge in [0.2, 0.25) is 5.91 Å². The quantitative estimate of drug-likeness (QED) is 0.620. The fourth-order valence-corrected chi connectivity index (χ4v) is 4.93. The fourth-order valence-electron chi connectivity index (χ4n) is 3.88. The Labute approximate surface area is 149 Å². The number of amides is 1. The first-order valence-corrected chi connectivity index (χ1v) is 9.15. The van der Waals surface area contributed by atoms with Gasteiger partial charge in [-0.2, -0.15) is 0 Å². The zero-order valence-electron chi connectivity index (χ0n) is 14.4. The summed E-state index contributed by atoms with van der Waals surface area (Å²) in [5, 5.41) is 12.7. The summed E-state index contributed by atoms with van der Waals surface area (Å²) in [6.45, 7) is 5.66. The molecule has 134 valence electrons. The molecule has 7 heteroatoms. The summed E-state index contributed by atoms with van der Waals surface area (Å²) in [5.74, 6) is -3.21. The van der Waals surface area contributed by atoms with Crippen molar-refractivity contribution in [3.63, 3.8) is 0 Å². The number of fused-ring (bicyclic) bond motifs is 2. The minimum atomic E-state index is -0.943. The molecular weight excluding hydrogens is 342 g/mol. The first kappa shape index (κ1) is 17.7. The molecule has 1 aromatic heterocycles. The zero-order valence-corrected chi connectivity index (χ0v) is 15.2. The van der Waals surface area contributed by atoms with Crippen LogP contribution in [-0.2, 0) is 14.3 Å². The van der Waals surface area contributed by atoms with Gasteiger partial charge in [0.15, 0.2) is 0 Å². The van der Waals surface area contributed by atoms with E-state index in [9.17, 15) is 19.5 Å². The Hall–Kier alpha value is -2.15. The number of ether oxygens (including phenoxy) is 1. The van der Waals surface area contributed by atoms with Gasteiger partial charge in [0, 0.05) is 4.88 Å². The lowest BCUT2D eigenvalue weighted by Crippen LogP contribution is -2.36. The summed E-state index contributed by atoms with van der Waals surface area (Å²) in [6.07, 6.45) is 4.53. The van der Waals surface area contributed by atoms with Crippen LogP contribution < -0.4 is 5.32 Å². The van der Waals surface area contributed by atoms with E-state index in [1.165, 1.54) is 11.3 Å². The molecule has 0 aliphatic heterocycles. The Bertz CT molecular complexity index is 766. The molecule has 2 aliphatic carbocycles. The highest BCUT2D eigenvalue weighted by molar-refractivity contribution is 7.16. The summed E-state index contributed by atoms with van der Waals surface area (Å²) in [6, 6.07) is 0. The number of aliphatic carboxylic acids is 1. The highest BCUT2D eigenvalue weighted by Gasteiger charge is 2.51. The van der Waals surface area contributed by atoms with Crippen molar-refractivity contribution in [3.05, 3.63) is 28.2 Å². The molecule has 1 heterocycles. The third-order valence-corrected chi connectivity index (χ3v) is 6.27. The summed E-state index contributed by atoms with van der Waals surface area (Å²) >= 11 is 1.31. The Morgan fingerprint density at radius 3 is 2.48 bits per heavy atom. The molecule has 2 N–H and O–H groups in total. The van der Waals surface area contributed by atoms with Crippen LogP contribution in [-0.4, -0.2) is 29.6 Å². The summed E-state index contributed by atoms with van der Waals surface area (Å²) in [4.78, 5) is 37.6. The van der Waals surface area contributed by atoms with E-state index in [1.54, 1.807) is 6.92 Å². The second kappa shape index (κ2) is 6.63. The lowest BCUT2D eigenvalue weighted by molar-refractivity contribution is -0.146. The van der Waals surface area contributed by atoms with Crippen LogP contribution in [0, 0.1) is 37.5 Å². The minimum absolute atomic E-state index is 0.0562. The van der Waals surface area contributed by atoms with E-state index in [0.29, 0.717) is 17.0 Å². The van der Waals surface area contributed by atoms with Crippen molar-refractivity contribution in [2.45, 2.75) is 27.2 Å². The van der Waals surface area contributed by atoms with Crippen LogP contribution in [0.25, 0.3) is 0 Å². The van der Waals surface area contributed by atoms with Gasteiger partial charge in [0.1, 0.15) is 5.00 Å². The maximum absolute atomic E-state index is 12.8. The van der Waals surface area contributed by atoms with Crippen molar-refractivity contribution in [2.75, 3.05) is 11.9 Å². The lowest BCUT2D eigenvalue weighted by atomic mass is 9.82. The number of carboxylic acids is 1. The van der Waals surface area contributed by atoms with E-state index < -0.39 is 23.8 Å². The lowest BCUT2D eigenvalue weighted by Gasteiger charge is -2.23. The number of allylic oxidation sites excluding steroid dienone is 2. The molecule has 2 bridgehead atoms. The Morgan fingerprint density at radius 2 is 1.88 bits per heavy atom. The standard InChI is InChI=1S/C18H21NO5S/c1-4-24-18(23)12-8(2)9(3)25-16(12)19-15(20)13-10-5-6-11(7-10)14(13)17(21)22/h5-6,10-11,13-14H,4,7H2,1-3H3,(H,19,20)(H,21,22)/t10-,11-,13+,14-/m0/s1. The van der Waals surface area contributed by atoms with E-state index >= 15 is 0 Å². The molecule has 0 unspecified atom stereocenters. The van der Waals surface area contributed by atoms with Crippen LogP contribution in [0.4, 0.5) is 5.00 Å². The molecule has 3 rings (SSSR count). The normalized spacial score (nSPS) is 26.7. The molecule has 0 saturated heterocycles. The fraction of sp³-hybridized carbons (Fsp3) is 0.500. The number of rotatable bonds is 5. The molecule has 4 atom stereocenters. The second-order valence-electron chi connectivity index (χ2n) is 6.54. The average molecular weight is 363 g/mol. The first-order chi connectivity index (χ1) is 11.8. The molecule has 1 aromatic rings. The van der Waals surface area contributed by atoms with Crippen LogP contribution >= 0.6 is 11.3 Å². The number of carbonyl (C=O) groups excluding carboxylic acids is 2. The maximum atomic E-state index is 12.8. The SMILES string of the molecule is CCOC(=O)c1c(NC(=O)[C@H]2[C@@H](C(=O)O)[C@H]3C=C[C@H]2C3)sc(C)c1C. The van der Waals surface area contributed by atoms with Gasteiger partial charge in [-0.15, -0.1) is 11.3 Å². The molecule has 0 radical (unpaired) electrons. The summed E-state index contributed by atoms with van der Waals surface area (Å²) in [5.41, 5.74) is 1.14. The summed E-state index contributed by atoms with van der Waals surface area (Å²) < 4.78 is 5.09. The van der Waals surface area contributed by atoms with E-state index in [-0.39, 0.29) is 24.3 Å². The molecule has 1 fully saturated rings. The maximum Gasteiger partial charge on any atom is 0.341 e. The Kier molecular flexibility index (Phi) is 4.69. The number of anilines is 1. The molecule has 1 amide bonds. The van der Waals surface area contributed by atoms with Gasteiger partial charge in [-0.1, -0.05) is 12.2 Å². The smallest absolute Gasteiger partial charge is 0.341 e. The number of hydrogen-bond acceptors (Lipinski definition) is 5. The monoisotopic (exact) mass is 363 g/mol. The number of esters is 1. The van der Waals surface area contributed by atoms with Crippen LogP contribution in [0.3, 0.4) is 0 Å². The number of hydrogen-bond donors (Lipinski definition) is 2. The van der Waals surface area contributed by atoms with E-state index in [4.69, 9.17) is 4.74 Å². The topological polar surface area (TPSA) is 92.7 Å². The molecular formula is C18H21NO5S. The van der Waals surface area contributed by atoms with Crippen LogP contribution in [0.5, 0.6) is 0 Å². The van der Waals surface area contributed by atoms with Crippen molar-refractivity contribution < 1.29 is 24.2 Å². The minimum Gasteiger partial charge on any atom is -0.481 e. The number of carboxylic acid groups (broad SMARTS) is 1. The van der Waals surface area contributed by atoms with Gasteiger partial charge in [-0.25, -0.2) is 4.79 Å². The largest absolute Gasteiger partial charge is 0.481 e. The van der Waals surface area contributed by atoms with Crippen LogP contribution in [0.2, 0.25) is 0 Å². The van der Waals surface area contributed by atoms with Crippen molar-refractivity contribution in [1.82, 2.24) is 0 Å². The van der Waals surface area contributed by atoms with E-state index in [0.717, 1.165) is 10.4 Å². The van der Waals surface area contributed by atoms with Gasteiger partial charge in [0.25, 0.3) is 0 Å². The van der Waals surface area contributed by atoms with Crippen LogP contribution in [0.1, 0.15) is 34.1 Å². The number of thiophene rings is 1. The molecule has 1 saturated carbocycles. The van der Waals surface area contributed by atoms with Crippen molar-refractivity contribution in [3.8, 4) is 0 Å².